The van der Waals surface area contributed by atoms with Crippen molar-refractivity contribution in [2.24, 2.45) is 0 Å². The van der Waals surface area contributed by atoms with Crippen LogP contribution in [-0.4, -0.2) is 29.0 Å². The van der Waals surface area contributed by atoms with Crippen molar-refractivity contribution in [3.8, 4) is 0 Å². The number of benzene rings is 1. The highest BCUT2D eigenvalue weighted by atomic mass is 35.5. The van der Waals surface area contributed by atoms with E-state index in [9.17, 15) is 0 Å². The Balaban J connectivity index is 1.93. The number of hydrogen-bond acceptors (Lipinski definition) is 1. The lowest BCUT2D eigenvalue weighted by Crippen LogP contribution is -2.40. The SMILES string of the molecule is CCCN(CCC)[C@H]1CCc2ccc3[nH]cc(Cl)c3c2C1. The summed E-state index contributed by atoms with van der Waals surface area (Å²) in [5.41, 5.74) is 4.15. The third kappa shape index (κ3) is 2.84. The van der Waals surface area contributed by atoms with Gasteiger partial charge in [0.15, 0.2) is 0 Å². The van der Waals surface area contributed by atoms with Gasteiger partial charge in [0.25, 0.3) is 0 Å². The van der Waals surface area contributed by atoms with Crippen molar-refractivity contribution in [3.05, 3.63) is 34.5 Å². The molecule has 0 fully saturated rings. The number of fused-ring (bicyclic) bond motifs is 3. The lowest BCUT2D eigenvalue weighted by atomic mass is 9.85. The van der Waals surface area contributed by atoms with Crippen molar-refractivity contribution in [2.45, 2.75) is 52.0 Å². The first-order valence-corrected chi connectivity index (χ1v) is 8.63. The second-order valence-electron chi connectivity index (χ2n) is 6.20. The van der Waals surface area contributed by atoms with Gasteiger partial charge in [-0.05, 0) is 62.4 Å². The Morgan fingerprint density at radius 2 is 2.00 bits per heavy atom. The molecule has 0 saturated heterocycles. The van der Waals surface area contributed by atoms with Crippen molar-refractivity contribution in [3.63, 3.8) is 0 Å². The highest BCUT2D eigenvalue weighted by Gasteiger charge is 2.25. The molecule has 0 bridgehead atoms. The van der Waals surface area contributed by atoms with E-state index in [0.717, 1.165) is 11.4 Å². The molecule has 1 atom stereocenters. The van der Waals surface area contributed by atoms with Crippen LogP contribution in [0.15, 0.2) is 18.3 Å². The molecule has 2 aromatic rings. The van der Waals surface area contributed by atoms with Gasteiger partial charge in [-0.25, -0.2) is 0 Å². The van der Waals surface area contributed by atoms with Crippen LogP contribution in [0.4, 0.5) is 0 Å². The first kappa shape index (κ1) is 14.9. The van der Waals surface area contributed by atoms with Gasteiger partial charge in [-0.2, -0.15) is 0 Å². The van der Waals surface area contributed by atoms with Crippen LogP contribution >= 0.6 is 11.6 Å². The Morgan fingerprint density at radius 1 is 1.24 bits per heavy atom. The van der Waals surface area contributed by atoms with Gasteiger partial charge in [0.1, 0.15) is 0 Å². The van der Waals surface area contributed by atoms with Crippen LogP contribution in [0.2, 0.25) is 5.02 Å². The van der Waals surface area contributed by atoms with E-state index in [2.05, 4.69) is 35.9 Å². The van der Waals surface area contributed by atoms with Crippen molar-refractivity contribution in [1.29, 1.82) is 0 Å². The van der Waals surface area contributed by atoms with Crippen molar-refractivity contribution < 1.29 is 0 Å². The largest absolute Gasteiger partial charge is 0.360 e. The number of aromatic nitrogens is 1. The van der Waals surface area contributed by atoms with Crippen LogP contribution in [0.25, 0.3) is 10.9 Å². The average molecular weight is 305 g/mol. The van der Waals surface area contributed by atoms with E-state index in [4.69, 9.17) is 11.6 Å². The average Bonchev–Trinajstić information content (AvgIpc) is 2.88. The van der Waals surface area contributed by atoms with Crippen LogP contribution in [-0.2, 0) is 12.8 Å². The molecule has 1 aliphatic rings. The molecule has 0 aliphatic heterocycles. The third-order valence-electron chi connectivity index (χ3n) is 4.73. The van der Waals surface area contributed by atoms with Gasteiger partial charge in [0, 0.05) is 23.1 Å². The smallest absolute Gasteiger partial charge is 0.0662 e. The Morgan fingerprint density at radius 3 is 2.71 bits per heavy atom. The zero-order valence-electron chi connectivity index (χ0n) is 13.1. The lowest BCUT2D eigenvalue weighted by Gasteiger charge is -2.35. The molecule has 1 N–H and O–H groups in total. The summed E-state index contributed by atoms with van der Waals surface area (Å²) in [6.45, 7) is 6.98. The van der Waals surface area contributed by atoms with Crippen LogP contribution in [0.1, 0.15) is 44.2 Å². The van der Waals surface area contributed by atoms with Gasteiger partial charge < -0.3 is 9.88 Å². The summed E-state index contributed by atoms with van der Waals surface area (Å²) in [6.07, 6.45) is 8.00. The summed E-state index contributed by atoms with van der Waals surface area (Å²) in [4.78, 5) is 5.97. The standard InChI is InChI=1S/C18H25ClN2/c1-3-9-21(10-4-2)14-7-5-13-6-8-17-18(15(13)11-14)16(19)12-20-17/h6,8,12,14,20H,3-5,7,9-11H2,1-2H3/t14-/m0/s1. The summed E-state index contributed by atoms with van der Waals surface area (Å²) in [5, 5.41) is 2.13. The quantitative estimate of drug-likeness (QED) is 0.840. The van der Waals surface area contributed by atoms with Gasteiger partial charge >= 0.3 is 0 Å². The lowest BCUT2D eigenvalue weighted by molar-refractivity contribution is 0.180. The number of aromatic amines is 1. The molecule has 1 aromatic heterocycles. The highest BCUT2D eigenvalue weighted by molar-refractivity contribution is 6.35. The van der Waals surface area contributed by atoms with Crippen LogP contribution in [0.3, 0.4) is 0 Å². The summed E-state index contributed by atoms with van der Waals surface area (Å²) in [5.74, 6) is 0. The molecule has 1 heterocycles. The fourth-order valence-corrected chi connectivity index (χ4v) is 4.06. The number of halogens is 1. The Hall–Kier alpha value is -0.990. The van der Waals surface area contributed by atoms with Gasteiger partial charge in [0.05, 0.1) is 5.02 Å². The van der Waals surface area contributed by atoms with Crippen LogP contribution in [0, 0.1) is 0 Å². The predicted molar refractivity (Wildman–Crippen MR) is 91.3 cm³/mol. The summed E-state index contributed by atoms with van der Waals surface area (Å²) in [7, 11) is 0. The number of hydrogen-bond donors (Lipinski definition) is 1. The fourth-order valence-electron chi connectivity index (χ4n) is 3.79. The third-order valence-corrected chi connectivity index (χ3v) is 5.03. The summed E-state index contributed by atoms with van der Waals surface area (Å²) >= 11 is 6.41. The normalized spacial score (nSPS) is 18.4. The Labute approximate surface area is 132 Å². The maximum atomic E-state index is 6.41. The maximum Gasteiger partial charge on any atom is 0.0662 e. The molecular formula is C18H25ClN2. The van der Waals surface area contributed by atoms with E-state index in [-0.39, 0.29) is 0 Å². The minimum atomic E-state index is 0.675. The van der Waals surface area contributed by atoms with Gasteiger partial charge in [-0.15, -0.1) is 0 Å². The summed E-state index contributed by atoms with van der Waals surface area (Å²) in [6, 6.07) is 5.13. The molecule has 0 unspecified atom stereocenters. The van der Waals surface area contributed by atoms with E-state index in [1.54, 1.807) is 0 Å². The van der Waals surface area contributed by atoms with E-state index in [0.29, 0.717) is 6.04 Å². The van der Waals surface area contributed by atoms with Crippen molar-refractivity contribution >= 4 is 22.5 Å². The number of aryl methyl sites for hydroxylation is 1. The fraction of sp³-hybridized carbons (Fsp3) is 0.556. The molecule has 3 rings (SSSR count). The molecule has 114 valence electrons. The van der Waals surface area contributed by atoms with Crippen molar-refractivity contribution in [1.82, 2.24) is 9.88 Å². The predicted octanol–water partition coefficient (Wildman–Crippen LogP) is 4.80. The Bertz CT molecular complexity index is 611. The van der Waals surface area contributed by atoms with E-state index >= 15 is 0 Å². The zero-order chi connectivity index (χ0) is 14.8. The molecule has 0 spiro atoms. The zero-order valence-corrected chi connectivity index (χ0v) is 13.8. The number of rotatable bonds is 5. The molecule has 0 radical (unpaired) electrons. The minimum absolute atomic E-state index is 0.675. The molecular weight excluding hydrogens is 280 g/mol. The van der Waals surface area contributed by atoms with E-state index in [1.165, 1.54) is 60.8 Å². The van der Waals surface area contributed by atoms with Gasteiger partial charge in [-0.1, -0.05) is 31.5 Å². The summed E-state index contributed by atoms with van der Waals surface area (Å²) < 4.78 is 0. The molecule has 1 aromatic carbocycles. The van der Waals surface area contributed by atoms with Crippen molar-refractivity contribution in [2.75, 3.05) is 13.1 Å². The van der Waals surface area contributed by atoms with Gasteiger partial charge in [0.2, 0.25) is 0 Å². The second-order valence-corrected chi connectivity index (χ2v) is 6.60. The van der Waals surface area contributed by atoms with E-state index < -0.39 is 0 Å². The minimum Gasteiger partial charge on any atom is -0.360 e. The first-order valence-electron chi connectivity index (χ1n) is 8.26. The number of nitrogens with one attached hydrogen (secondary N) is 1. The highest BCUT2D eigenvalue weighted by Crippen LogP contribution is 2.34. The van der Waals surface area contributed by atoms with Crippen LogP contribution < -0.4 is 0 Å². The van der Waals surface area contributed by atoms with Gasteiger partial charge in [-0.3, -0.25) is 0 Å². The topological polar surface area (TPSA) is 19.0 Å². The molecule has 2 nitrogen and oxygen atoms in total. The maximum absolute atomic E-state index is 6.41. The number of nitrogens with zero attached hydrogens (tertiary/aromatic N) is 1. The molecule has 0 saturated carbocycles. The Kier molecular flexibility index (Phi) is 4.56. The first-order chi connectivity index (χ1) is 10.2. The molecule has 1 aliphatic carbocycles. The monoisotopic (exact) mass is 304 g/mol. The molecule has 3 heteroatoms. The molecule has 21 heavy (non-hydrogen) atoms. The second kappa shape index (κ2) is 6.41. The van der Waals surface area contributed by atoms with E-state index in [1.807, 2.05) is 6.20 Å². The number of H-pyrrole nitrogens is 1. The molecule has 0 amide bonds. The van der Waals surface area contributed by atoms with Crippen LogP contribution in [0.5, 0.6) is 0 Å².